The highest BCUT2D eigenvalue weighted by atomic mass is 16.4. The highest BCUT2D eigenvalue weighted by Gasteiger charge is 2.22. The summed E-state index contributed by atoms with van der Waals surface area (Å²) in [4.78, 5) is 12.4. The van der Waals surface area contributed by atoms with E-state index in [1.165, 1.54) is 10.5 Å². The van der Waals surface area contributed by atoms with E-state index in [1.54, 1.807) is 0 Å². The number of carboxylic acid groups (broad SMARTS) is 1. The number of nitrogens with zero attached hydrogens (tertiary/aromatic N) is 1. The summed E-state index contributed by atoms with van der Waals surface area (Å²) in [6.07, 6.45) is 1.19. The number of nitrogens with one attached hydrogen (secondary N) is 1. The Balaban J connectivity index is 1.81. The maximum absolute atomic E-state index is 10.9. The first kappa shape index (κ1) is 11.9. The zero-order chi connectivity index (χ0) is 12.1. The molecule has 92 valence electrons. The van der Waals surface area contributed by atoms with Gasteiger partial charge in [-0.15, -0.1) is 0 Å². The molecule has 1 saturated heterocycles. The Morgan fingerprint density at radius 2 is 2.18 bits per heavy atom. The molecule has 1 heterocycles. The summed E-state index contributed by atoms with van der Waals surface area (Å²) in [6.45, 7) is 2.07. The summed E-state index contributed by atoms with van der Waals surface area (Å²) < 4.78 is 0. The molecular formula is C13H18N2O2. The third-order valence-electron chi connectivity index (χ3n) is 3.13. The molecule has 1 atom stereocenters. The maximum atomic E-state index is 10.9. The highest BCUT2D eigenvalue weighted by Crippen LogP contribution is 2.11. The normalized spacial score (nSPS) is 20.2. The van der Waals surface area contributed by atoms with Gasteiger partial charge in [-0.05, 0) is 18.4 Å². The molecule has 0 aromatic heterocycles. The van der Waals surface area contributed by atoms with Crippen LogP contribution in [0.1, 0.15) is 18.4 Å². The Morgan fingerprint density at radius 3 is 2.88 bits per heavy atom. The monoisotopic (exact) mass is 234 g/mol. The van der Waals surface area contributed by atoms with E-state index >= 15 is 0 Å². The van der Waals surface area contributed by atoms with Crippen molar-refractivity contribution in [2.45, 2.75) is 25.4 Å². The van der Waals surface area contributed by atoms with Crippen LogP contribution >= 0.6 is 0 Å². The van der Waals surface area contributed by atoms with Crippen LogP contribution in [-0.4, -0.2) is 35.2 Å². The minimum absolute atomic E-state index is 0.278. The fourth-order valence-corrected chi connectivity index (χ4v) is 2.18. The smallest absolute Gasteiger partial charge is 0.407 e. The number of hydrogen-bond donors (Lipinski definition) is 2. The van der Waals surface area contributed by atoms with Gasteiger partial charge < -0.3 is 15.3 Å². The fourth-order valence-electron chi connectivity index (χ4n) is 2.18. The van der Waals surface area contributed by atoms with Gasteiger partial charge in [-0.1, -0.05) is 30.3 Å². The number of rotatable bonds is 3. The van der Waals surface area contributed by atoms with Gasteiger partial charge in [0.15, 0.2) is 0 Å². The molecule has 0 spiro atoms. The van der Waals surface area contributed by atoms with Gasteiger partial charge in [0.1, 0.15) is 0 Å². The third kappa shape index (κ3) is 3.46. The summed E-state index contributed by atoms with van der Waals surface area (Å²) in [5.41, 5.74) is 1.24. The molecule has 0 bridgehead atoms. The third-order valence-corrected chi connectivity index (χ3v) is 3.13. The first-order valence-corrected chi connectivity index (χ1v) is 6.01. The Hall–Kier alpha value is -1.55. The van der Waals surface area contributed by atoms with Crippen LogP contribution in [-0.2, 0) is 6.54 Å². The van der Waals surface area contributed by atoms with Crippen molar-refractivity contribution >= 4 is 6.09 Å². The molecule has 1 aliphatic rings. The number of carbonyl (C=O) groups is 1. The lowest BCUT2D eigenvalue weighted by Gasteiger charge is -2.31. The van der Waals surface area contributed by atoms with E-state index in [0.29, 0.717) is 13.1 Å². The molecule has 0 radical (unpaired) electrons. The zero-order valence-corrected chi connectivity index (χ0v) is 9.80. The average molecular weight is 234 g/mol. The molecule has 2 rings (SSSR count). The second kappa shape index (κ2) is 5.68. The molecular weight excluding hydrogens is 216 g/mol. The zero-order valence-electron chi connectivity index (χ0n) is 9.80. The molecule has 1 aliphatic heterocycles. The van der Waals surface area contributed by atoms with Crippen LogP contribution in [0.3, 0.4) is 0 Å². The van der Waals surface area contributed by atoms with Crippen molar-refractivity contribution in [1.29, 1.82) is 0 Å². The molecule has 1 aromatic rings. The van der Waals surface area contributed by atoms with E-state index in [9.17, 15) is 4.79 Å². The molecule has 0 saturated carbocycles. The molecule has 0 aliphatic carbocycles. The molecule has 4 nitrogen and oxygen atoms in total. The van der Waals surface area contributed by atoms with Crippen molar-refractivity contribution in [2.24, 2.45) is 0 Å². The van der Waals surface area contributed by atoms with Crippen molar-refractivity contribution in [2.75, 3.05) is 13.1 Å². The summed E-state index contributed by atoms with van der Waals surface area (Å²) in [5, 5.41) is 12.4. The van der Waals surface area contributed by atoms with Crippen LogP contribution in [0, 0.1) is 0 Å². The molecule has 1 amide bonds. The van der Waals surface area contributed by atoms with Gasteiger partial charge in [0.2, 0.25) is 0 Å². The number of likely N-dealkylation sites (tertiary alicyclic amines) is 1. The van der Waals surface area contributed by atoms with Crippen LogP contribution in [0.4, 0.5) is 4.79 Å². The Kier molecular flexibility index (Phi) is 3.98. The molecule has 2 N–H and O–H groups in total. The molecule has 17 heavy (non-hydrogen) atoms. The van der Waals surface area contributed by atoms with E-state index in [0.717, 1.165) is 19.4 Å². The van der Waals surface area contributed by atoms with E-state index in [1.807, 2.05) is 18.2 Å². The fraction of sp³-hybridized carbons (Fsp3) is 0.462. The van der Waals surface area contributed by atoms with Crippen LogP contribution in [0.5, 0.6) is 0 Å². The predicted molar refractivity (Wildman–Crippen MR) is 65.9 cm³/mol. The Morgan fingerprint density at radius 1 is 1.41 bits per heavy atom. The van der Waals surface area contributed by atoms with Crippen molar-refractivity contribution in [3.8, 4) is 0 Å². The van der Waals surface area contributed by atoms with Gasteiger partial charge in [0, 0.05) is 25.7 Å². The largest absolute Gasteiger partial charge is 0.465 e. The molecule has 1 fully saturated rings. The first-order chi connectivity index (χ1) is 8.25. The van der Waals surface area contributed by atoms with Crippen molar-refractivity contribution in [3.63, 3.8) is 0 Å². The minimum atomic E-state index is -0.809. The van der Waals surface area contributed by atoms with E-state index in [-0.39, 0.29) is 6.04 Å². The van der Waals surface area contributed by atoms with Gasteiger partial charge in [-0.25, -0.2) is 4.79 Å². The van der Waals surface area contributed by atoms with Crippen LogP contribution < -0.4 is 5.32 Å². The van der Waals surface area contributed by atoms with Gasteiger partial charge in [-0.2, -0.15) is 0 Å². The Labute approximate surface area is 101 Å². The molecule has 0 unspecified atom stereocenters. The maximum Gasteiger partial charge on any atom is 0.407 e. The van der Waals surface area contributed by atoms with E-state index in [4.69, 9.17) is 5.11 Å². The lowest BCUT2D eigenvalue weighted by Crippen LogP contribution is -2.47. The summed E-state index contributed by atoms with van der Waals surface area (Å²) in [7, 11) is 0. The second-order valence-electron chi connectivity index (χ2n) is 4.43. The SMILES string of the molecule is O=C(O)N1CCC[C@@H](NCc2ccccc2)C1. The quantitative estimate of drug-likeness (QED) is 0.840. The second-order valence-corrected chi connectivity index (χ2v) is 4.43. The number of amides is 1. The van der Waals surface area contributed by atoms with E-state index in [2.05, 4.69) is 17.4 Å². The summed E-state index contributed by atoms with van der Waals surface area (Å²) in [5.74, 6) is 0. The molecule has 1 aromatic carbocycles. The number of hydrogen-bond acceptors (Lipinski definition) is 2. The lowest BCUT2D eigenvalue weighted by atomic mass is 10.1. The Bertz CT molecular complexity index is 367. The van der Waals surface area contributed by atoms with Crippen molar-refractivity contribution in [1.82, 2.24) is 10.2 Å². The van der Waals surface area contributed by atoms with Crippen LogP contribution in [0.15, 0.2) is 30.3 Å². The highest BCUT2D eigenvalue weighted by molar-refractivity contribution is 5.65. The van der Waals surface area contributed by atoms with Crippen molar-refractivity contribution < 1.29 is 9.90 Å². The first-order valence-electron chi connectivity index (χ1n) is 6.01. The predicted octanol–water partition coefficient (Wildman–Crippen LogP) is 1.92. The van der Waals surface area contributed by atoms with Crippen LogP contribution in [0.2, 0.25) is 0 Å². The topological polar surface area (TPSA) is 52.6 Å². The summed E-state index contributed by atoms with van der Waals surface area (Å²) in [6, 6.07) is 10.5. The van der Waals surface area contributed by atoms with Crippen LogP contribution in [0.25, 0.3) is 0 Å². The number of piperidine rings is 1. The van der Waals surface area contributed by atoms with Gasteiger partial charge in [0.05, 0.1) is 0 Å². The molecule has 4 heteroatoms. The van der Waals surface area contributed by atoms with Gasteiger partial charge >= 0.3 is 6.09 Å². The number of benzene rings is 1. The average Bonchev–Trinajstić information content (AvgIpc) is 2.38. The lowest BCUT2D eigenvalue weighted by molar-refractivity contribution is 0.126. The van der Waals surface area contributed by atoms with Crippen molar-refractivity contribution in [3.05, 3.63) is 35.9 Å². The van der Waals surface area contributed by atoms with Gasteiger partial charge in [0.25, 0.3) is 0 Å². The van der Waals surface area contributed by atoms with Gasteiger partial charge in [-0.3, -0.25) is 0 Å². The summed E-state index contributed by atoms with van der Waals surface area (Å²) >= 11 is 0. The van der Waals surface area contributed by atoms with E-state index < -0.39 is 6.09 Å². The minimum Gasteiger partial charge on any atom is -0.465 e. The standard InChI is InChI=1S/C13H18N2O2/c16-13(17)15-8-4-7-12(10-15)14-9-11-5-2-1-3-6-11/h1-3,5-6,12,14H,4,7-10H2,(H,16,17)/t12-/m1/s1.